The number of carbonyl (C=O) groups excluding carboxylic acids is 3. The van der Waals surface area contributed by atoms with Gasteiger partial charge in [-0.05, 0) is 29.8 Å². The smallest absolute Gasteiger partial charge is 0.239 e. The van der Waals surface area contributed by atoms with E-state index in [9.17, 15) is 14.4 Å². The standard InChI is InChI=1S/C21H19N3O3/c1-3-14-7-6-8-15(11-14)24(13-20(26)22-2)21(27)17-12-19(25)23-18-10-5-4-9-16(17)18/h1,4-11,17H,12-13H2,2H3,(H,22,26)(H,23,25). The Hall–Kier alpha value is -3.59. The number of amides is 3. The molecule has 1 unspecified atom stereocenters. The van der Waals surface area contributed by atoms with E-state index in [4.69, 9.17) is 6.42 Å². The second-order valence-corrected chi connectivity index (χ2v) is 6.18. The van der Waals surface area contributed by atoms with E-state index in [0.29, 0.717) is 16.9 Å². The van der Waals surface area contributed by atoms with Crippen LogP contribution in [-0.2, 0) is 14.4 Å². The Labute approximate surface area is 157 Å². The van der Waals surface area contributed by atoms with Crippen LogP contribution in [0.3, 0.4) is 0 Å². The molecule has 27 heavy (non-hydrogen) atoms. The van der Waals surface area contributed by atoms with Crippen molar-refractivity contribution in [2.45, 2.75) is 12.3 Å². The van der Waals surface area contributed by atoms with Crippen LogP contribution in [0.2, 0.25) is 0 Å². The van der Waals surface area contributed by atoms with Gasteiger partial charge in [0.05, 0.1) is 5.92 Å². The Morgan fingerprint density at radius 1 is 1.26 bits per heavy atom. The number of nitrogens with zero attached hydrogens (tertiary/aromatic N) is 1. The van der Waals surface area contributed by atoms with Crippen molar-refractivity contribution in [2.75, 3.05) is 23.8 Å². The van der Waals surface area contributed by atoms with Gasteiger partial charge in [0.2, 0.25) is 17.7 Å². The van der Waals surface area contributed by atoms with Crippen LogP contribution in [-0.4, -0.2) is 31.3 Å². The fourth-order valence-corrected chi connectivity index (χ4v) is 3.10. The molecule has 6 heteroatoms. The van der Waals surface area contributed by atoms with Gasteiger partial charge in [0, 0.05) is 30.4 Å². The van der Waals surface area contributed by atoms with Gasteiger partial charge in [0.25, 0.3) is 0 Å². The summed E-state index contributed by atoms with van der Waals surface area (Å²) in [4.78, 5) is 38.9. The Morgan fingerprint density at radius 2 is 2.04 bits per heavy atom. The lowest BCUT2D eigenvalue weighted by atomic mass is 9.89. The lowest BCUT2D eigenvalue weighted by molar-refractivity contribution is -0.126. The third-order valence-electron chi connectivity index (χ3n) is 4.47. The molecule has 3 rings (SSSR count). The number of fused-ring (bicyclic) bond motifs is 1. The van der Waals surface area contributed by atoms with Crippen molar-refractivity contribution >= 4 is 29.1 Å². The highest BCUT2D eigenvalue weighted by atomic mass is 16.2. The van der Waals surface area contributed by atoms with Crippen LogP contribution >= 0.6 is 0 Å². The van der Waals surface area contributed by atoms with Crippen LogP contribution in [0.15, 0.2) is 48.5 Å². The molecule has 1 atom stereocenters. The van der Waals surface area contributed by atoms with Crippen molar-refractivity contribution < 1.29 is 14.4 Å². The lowest BCUT2D eigenvalue weighted by Gasteiger charge is -2.30. The third kappa shape index (κ3) is 3.82. The molecule has 6 nitrogen and oxygen atoms in total. The number of nitrogens with one attached hydrogen (secondary N) is 2. The molecule has 1 aliphatic heterocycles. The normalized spacial score (nSPS) is 15.1. The fraction of sp³-hybridized carbons (Fsp3) is 0.190. The molecule has 2 aromatic carbocycles. The average molecular weight is 361 g/mol. The van der Waals surface area contributed by atoms with Crippen molar-refractivity contribution in [3.8, 4) is 12.3 Å². The average Bonchev–Trinajstić information content (AvgIpc) is 2.70. The van der Waals surface area contributed by atoms with E-state index < -0.39 is 5.92 Å². The lowest BCUT2D eigenvalue weighted by Crippen LogP contribution is -2.43. The summed E-state index contributed by atoms with van der Waals surface area (Å²) >= 11 is 0. The van der Waals surface area contributed by atoms with Crippen molar-refractivity contribution in [3.63, 3.8) is 0 Å². The van der Waals surface area contributed by atoms with Gasteiger partial charge in [-0.2, -0.15) is 0 Å². The van der Waals surface area contributed by atoms with E-state index in [2.05, 4.69) is 16.6 Å². The molecular formula is C21H19N3O3. The highest BCUT2D eigenvalue weighted by molar-refractivity contribution is 6.08. The molecule has 136 valence electrons. The largest absolute Gasteiger partial charge is 0.358 e. The monoisotopic (exact) mass is 361 g/mol. The minimum absolute atomic E-state index is 0.0227. The summed E-state index contributed by atoms with van der Waals surface area (Å²) < 4.78 is 0. The summed E-state index contributed by atoms with van der Waals surface area (Å²) in [6.07, 6.45) is 5.48. The predicted molar refractivity (Wildman–Crippen MR) is 103 cm³/mol. The van der Waals surface area contributed by atoms with Gasteiger partial charge in [-0.25, -0.2) is 0 Å². The van der Waals surface area contributed by atoms with E-state index >= 15 is 0 Å². The number of anilines is 2. The molecule has 1 heterocycles. The third-order valence-corrected chi connectivity index (χ3v) is 4.47. The SMILES string of the molecule is C#Cc1cccc(N(CC(=O)NC)C(=O)C2CC(=O)Nc3ccccc32)c1. The molecule has 0 spiro atoms. The molecule has 2 N–H and O–H groups in total. The Kier molecular flexibility index (Phi) is 5.23. The van der Waals surface area contributed by atoms with Gasteiger partial charge in [-0.3, -0.25) is 14.4 Å². The minimum Gasteiger partial charge on any atom is -0.358 e. The minimum atomic E-state index is -0.672. The van der Waals surface area contributed by atoms with Crippen LogP contribution in [0.25, 0.3) is 0 Å². The van der Waals surface area contributed by atoms with Crippen molar-refractivity contribution in [1.29, 1.82) is 0 Å². The van der Waals surface area contributed by atoms with Gasteiger partial charge < -0.3 is 15.5 Å². The fourth-order valence-electron chi connectivity index (χ4n) is 3.10. The molecule has 0 saturated heterocycles. The highest BCUT2D eigenvalue weighted by Crippen LogP contribution is 2.34. The summed E-state index contributed by atoms with van der Waals surface area (Å²) in [5.41, 5.74) is 2.47. The van der Waals surface area contributed by atoms with E-state index in [-0.39, 0.29) is 30.7 Å². The zero-order valence-corrected chi connectivity index (χ0v) is 14.9. The van der Waals surface area contributed by atoms with Crippen molar-refractivity contribution in [2.24, 2.45) is 0 Å². The van der Waals surface area contributed by atoms with E-state index in [0.717, 1.165) is 5.56 Å². The topological polar surface area (TPSA) is 78.5 Å². The van der Waals surface area contributed by atoms with Crippen LogP contribution in [0.1, 0.15) is 23.5 Å². The van der Waals surface area contributed by atoms with Crippen LogP contribution in [0, 0.1) is 12.3 Å². The van der Waals surface area contributed by atoms with E-state index in [1.807, 2.05) is 12.1 Å². The summed E-state index contributed by atoms with van der Waals surface area (Å²) in [5, 5.41) is 5.31. The van der Waals surface area contributed by atoms with Crippen molar-refractivity contribution in [3.05, 3.63) is 59.7 Å². The first-order chi connectivity index (χ1) is 13.0. The number of rotatable bonds is 4. The summed E-state index contributed by atoms with van der Waals surface area (Å²) in [7, 11) is 1.51. The molecule has 0 bridgehead atoms. The number of hydrogen-bond donors (Lipinski definition) is 2. The number of para-hydroxylation sites is 1. The molecule has 0 aromatic heterocycles. The maximum absolute atomic E-state index is 13.4. The summed E-state index contributed by atoms with van der Waals surface area (Å²) in [6.45, 7) is -0.163. The van der Waals surface area contributed by atoms with Gasteiger partial charge in [-0.15, -0.1) is 6.42 Å². The maximum atomic E-state index is 13.4. The first-order valence-corrected chi connectivity index (χ1v) is 8.51. The first kappa shape index (κ1) is 18.2. The maximum Gasteiger partial charge on any atom is 0.239 e. The molecule has 0 radical (unpaired) electrons. The first-order valence-electron chi connectivity index (χ1n) is 8.51. The van der Waals surface area contributed by atoms with Gasteiger partial charge in [0.15, 0.2) is 0 Å². The number of carbonyl (C=O) groups is 3. The zero-order chi connectivity index (χ0) is 19.4. The van der Waals surface area contributed by atoms with Crippen LogP contribution < -0.4 is 15.5 Å². The van der Waals surface area contributed by atoms with Crippen molar-refractivity contribution in [1.82, 2.24) is 5.32 Å². The summed E-state index contributed by atoms with van der Waals surface area (Å²) in [5.74, 6) is 0.983. The predicted octanol–water partition coefficient (Wildman–Crippen LogP) is 1.87. The molecular weight excluding hydrogens is 342 g/mol. The number of benzene rings is 2. The molecule has 2 aromatic rings. The molecule has 0 saturated carbocycles. The summed E-state index contributed by atoms with van der Waals surface area (Å²) in [6, 6.07) is 14.1. The molecule has 0 fully saturated rings. The van der Waals surface area contributed by atoms with E-state index in [1.165, 1.54) is 11.9 Å². The van der Waals surface area contributed by atoms with Crippen LogP contribution in [0.4, 0.5) is 11.4 Å². The Morgan fingerprint density at radius 3 is 2.78 bits per heavy atom. The van der Waals surface area contributed by atoms with Crippen LogP contribution in [0.5, 0.6) is 0 Å². The number of likely N-dealkylation sites (N-methyl/N-ethyl adjacent to an activating group) is 1. The van der Waals surface area contributed by atoms with Gasteiger partial charge >= 0.3 is 0 Å². The zero-order valence-electron chi connectivity index (χ0n) is 14.9. The highest BCUT2D eigenvalue weighted by Gasteiger charge is 2.34. The quantitative estimate of drug-likeness (QED) is 0.816. The molecule has 0 aliphatic carbocycles. The number of terminal acetylenes is 1. The molecule has 3 amide bonds. The second kappa shape index (κ2) is 7.75. The second-order valence-electron chi connectivity index (χ2n) is 6.18. The van der Waals surface area contributed by atoms with E-state index in [1.54, 1.807) is 36.4 Å². The Bertz CT molecular complexity index is 946. The molecule has 1 aliphatic rings. The Balaban J connectivity index is 2.02. The number of hydrogen-bond acceptors (Lipinski definition) is 3. The van der Waals surface area contributed by atoms with Gasteiger partial charge in [-0.1, -0.05) is 30.2 Å². The van der Waals surface area contributed by atoms with Gasteiger partial charge in [0.1, 0.15) is 6.54 Å².